The van der Waals surface area contributed by atoms with Crippen molar-refractivity contribution in [2.75, 3.05) is 13.7 Å². The highest BCUT2D eigenvalue weighted by Crippen LogP contribution is 2.30. The number of hydrogen-bond acceptors (Lipinski definition) is 4. The van der Waals surface area contributed by atoms with E-state index in [1.807, 2.05) is 30.3 Å². The SMILES string of the molecule is COc1ccc(C(=O)O)c(Oc2ccc(CN(CCCc3ccccc3)C(=O)c3cc(Cl)ccc3Cl)cc2)c1. The van der Waals surface area contributed by atoms with Crippen molar-refractivity contribution in [2.24, 2.45) is 0 Å². The topological polar surface area (TPSA) is 76.1 Å². The summed E-state index contributed by atoms with van der Waals surface area (Å²) in [5.74, 6) is -0.208. The van der Waals surface area contributed by atoms with Gasteiger partial charge in [-0.1, -0.05) is 65.7 Å². The minimum absolute atomic E-state index is 0.0217. The van der Waals surface area contributed by atoms with Crippen LogP contribution in [0.5, 0.6) is 17.2 Å². The van der Waals surface area contributed by atoms with Crippen LogP contribution in [0.25, 0.3) is 0 Å². The van der Waals surface area contributed by atoms with Crippen molar-refractivity contribution in [3.63, 3.8) is 0 Å². The number of nitrogens with zero attached hydrogens (tertiary/aromatic N) is 1. The molecule has 200 valence electrons. The number of ether oxygens (including phenoxy) is 2. The van der Waals surface area contributed by atoms with E-state index in [-0.39, 0.29) is 17.2 Å². The van der Waals surface area contributed by atoms with Crippen LogP contribution in [-0.4, -0.2) is 35.5 Å². The molecule has 0 aliphatic rings. The Labute approximate surface area is 237 Å². The molecule has 4 rings (SSSR count). The molecule has 0 spiro atoms. The standard InChI is InChI=1S/C31H27Cl2NO5/c1-38-25-14-15-26(31(36)37)29(19-25)39-24-12-9-22(10-13-24)20-34(17-5-8-21-6-3-2-4-7-21)30(35)27-18-23(32)11-16-28(27)33/h2-4,6-7,9-16,18-19H,5,8,17,20H2,1H3,(H,36,37). The molecule has 6 nitrogen and oxygen atoms in total. The number of amides is 1. The van der Waals surface area contributed by atoms with Gasteiger partial charge in [0.05, 0.1) is 17.7 Å². The van der Waals surface area contributed by atoms with Crippen molar-refractivity contribution in [1.29, 1.82) is 0 Å². The molecule has 0 saturated carbocycles. The molecule has 0 unspecified atom stereocenters. The van der Waals surface area contributed by atoms with E-state index < -0.39 is 5.97 Å². The highest BCUT2D eigenvalue weighted by atomic mass is 35.5. The lowest BCUT2D eigenvalue weighted by Gasteiger charge is -2.24. The van der Waals surface area contributed by atoms with Gasteiger partial charge in [-0.2, -0.15) is 0 Å². The van der Waals surface area contributed by atoms with Crippen LogP contribution in [0, 0.1) is 0 Å². The summed E-state index contributed by atoms with van der Waals surface area (Å²) in [5.41, 5.74) is 2.44. The number of carboxylic acids is 1. The molecule has 8 heteroatoms. The van der Waals surface area contributed by atoms with Gasteiger partial charge in [-0.3, -0.25) is 4.79 Å². The number of carboxylic acid groups (broad SMARTS) is 1. The molecule has 0 heterocycles. The zero-order valence-electron chi connectivity index (χ0n) is 21.3. The number of aryl methyl sites for hydroxylation is 1. The maximum absolute atomic E-state index is 13.5. The van der Waals surface area contributed by atoms with Crippen molar-refractivity contribution < 1.29 is 24.2 Å². The Morgan fingerprint density at radius 3 is 2.23 bits per heavy atom. The predicted molar refractivity (Wildman–Crippen MR) is 152 cm³/mol. The minimum Gasteiger partial charge on any atom is -0.497 e. The third-order valence-electron chi connectivity index (χ3n) is 6.13. The van der Waals surface area contributed by atoms with E-state index in [1.165, 1.54) is 24.8 Å². The molecular weight excluding hydrogens is 537 g/mol. The summed E-state index contributed by atoms with van der Waals surface area (Å²) in [4.78, 5) is 26.9. The van der Waals surface area contributed by atoms with E-state index >= 15 is 0 Å². The van der Waals surface area contributed by atoms with Crippen molar-refractivity contribution in [2.45, 2.75) is 19.4 Å². The van der Waals surface area contributed by atoms with Crippen molar-refractivity contribution in [3.05, 3.63) is 123 Å². The summed E-state index contributed by atoms with van der Waals surface area (Å²) in [5, 5.41) is 10.3. The second-order valence-electron chi connectivity index (χ2n) is 8.85. The number of halogens is 2. The van der Waals surface area contributed by atoms with Crippen LogP contribution < -0.4 is 9.47 Å². The second-order valence-corrected chi connectivity index (χ2v) is 9.70. The van der Waals surface area contributed by atoms with Gasteiger partial charge in [-0.15, -0.1) is 0 Å². The fraction of sp³-hybridized carbons (Fsp3) is 0.161. The van der Waals surface area contributed by atoms with Crippen LogP contribution in [0.4, 0.5) is 0 Å². The minimum atomic E-state index is -1.10. The van der Waals surface area contributed by atoms with Gasteiger partial charge in [0, 0.05) is 24.2 Å². The smallest absolute Gasteiger partial charge is 0.339 e. The van der Waals surface area contributed by atoms with Gasteiger partial charge >= 0.3 is 5.97 Å². The highest BCUT2D eigenvalue weighted by molar-refractivity contribution is 6.35. The lowest BCUT2D eigenvalue weighted by molar-refractivity contribution is 0.0692. The Morgan fingerprint density at radius 2 is 1.54 bits per heavy atom. The quantitative estimate of drug-likeness (QED) is 0.202. The lowest BCUT2D eigenvalue weighted by atomic mass is 10.1. The molecule has 0 atom stereocenters. The number of methoxy groups -OCH3 is 1. The van der Waals surface area contributed by atoms with Gasteiger partial charge in [-0.25, -0.2) is 4.79 Å². The summed E-state index contributed by atoms with van der Waals surface area (Å²) in [7, 11) is 1.50. The fourth-order valence-corrected chi connectivity index (χ4v) is 4.47. The first-order chi connectivity index (χ1) is 18.8. The van der Waals surface area contributed by atoms with E-state index in [1.54, 1.807) is 41.3 Å². The predicted octanol–water partition coefficient (Wildman–Crippen LogP) is 7.77. The number of carbonyl (C=O) groups is 2. The Kier molecular flexibility index (Phi) is 9.47. The number of aromatic carboxylic acids is 1. The molecule has 0 aliphatic heterocycles. The summed E-state index contributed by atoms with van der Waals surface area (Å²) in [6.07, 6.45) is 1.59. The lowest BCUT2D eigenvalue weighted by Crippen LogP contribution is -2.32. The third kappa shape index (κ3) is 7.53. The molecular formula is C31H27Cl2NO5. The van der Waals surface area contributed by atoms with Crippen LogP contribution in [-0.2, 0) is 13.0 Å². The van der Waals surface area contributed by atoms with E-state index in [2.05, 4.69) is 12.1 Å². The Morgan fingerprint density at radius 1 is 0.821 bits per heavy atom. The summed E-state index contributed by atoms with van der Waals surface area (Å²) in [6, 6.07) is 26.6. The molecule has 4 aromatic rings. The molecule has 1 N–H and O–H groups in total. The summed E-state index contributed by atoms with van der Waals surface area (Å²) >= 11 is 12.5. The monoisotopic (exact) mass is 563 g/mol. The third-order valence-corrected chi connectivity index (χ3v) is 6.69. The maximum Gasteiger partial charge on any atom is 0.339 e. The molecule has 1 amide bonds. The van der Waals surface area contributed by atoms with Gasteiger partial charge in [0.15, 0.2) is 0 Å². The van der Waals surface area contributed by atoms with Gasteiger partial charge in [-0.05, 0) is 66.4 Å². The molecule has 4 aromatic carbocycles. The first-order valence-electron chi connectivity index (χ1n) is 12.3. The number of carbonyl (C=O) groups excluding carboxylic acids is 1. The average Bonchev–Trinajstić information content (AvgIpc) is 2.94. The molecule has 0 saturated heterocycles. The van der Waals surface area contributed by atoms with Gasteiger partial charge < -0.3 is 19.5 Å². The molecule has 39 heavy (non-hydrogen) atoms. The van der Waals surface area contributed by atoms with E-state index in [0.29, 0.717) is 40.2 Å². The second kappa shape index (κ2) is 13.2. The van der Waals surface area contributed by atoms with Crippen LogP contribution in [0.15, 0.2) is 91.0 Å². The van der Waals surface area contributed by atoms with E-state index in [4.69, 9.17) is 32.7 Å². The maximum atomic E-state index is 13.5. The summed E-state index contributed by atoms with van der Waals surface area (Å²) in [6.45, 7) is 0.858. The van der Waals surface area contributed by atoms with Crippen LogP contribution in [0.1, 0.15) is 38.3 Å². The Balaban J connectivity index is 1.52. The number of hydrogen-bond donors (Lipinski definition) is 1. The molecule has 0 aromatic heterocycles. The molecule has 0 aliphatic carbocycles. The summed E-state index contributed by atoms with van der Waals surface area (Å²) < 4.78 is 11.1. The number of benzene rings is 4. The highest BCUT2D eigenvalue weighted by Gasteiger charge is 2.20. The zero-order valence-corrected chi connectivity index (χ0v) is 22.8. The van der Waals surface area contributed by atoms with Crippen molar-refractivity contribution >= 4 is 35.1 Å². The Bertz CT molecular complexity index is 1440. The number of rotatable bonds is 11. The van der Waals surface area contributed by atoms with Gasteiger partial charge in [0.1, 0.15) is 22.8 Å². The molecule has 0 radical (unpaired) electrons. The molecule has 0 bridgehead atoms. The average molecular weight is 564 g/mol. The van der Waals surface area contributed by atoms with Crippen LogP contribution in [0.2, 0.25) is 10.0 Å². The first-order valence-corrected chi connectivity index (χ1v) is 13.1. The van der Waals surface area contributed by atoms with Crippen LogP contribution >= 0.6 is 23.2 Å². The normalized spacial score (nSPS) is 10.6. The molecule has 0 fully saturated rings. The van der Waals surface area contributed by atoms with E-state index in [0.717, 1.165) is 18.4 Å². The fourth-order valence-electron chi connectivity index (χ4n) is 4.10. The van der Waals surface area contributed by atoms with E-state index in [9.17, 15) is 14.7 Å². The van der Waals surface area contributed by atoms with Gasteiger partial charge in [0.2, 0.25) is 0 Å². The van der Waals surface area contributed by atoms with Crippen molar-refractivity contribution in [1.82, 2.24) is 4.90 Å². The van der Waals surface area contributed by atoms with Gasteiger partial charge in [0.25, 0.3) is 5.91 Å². The van der Waals surface area contributed by atoms with Crippen molar-refractivity contribution in [3.8, 4) is 17.2 Å². The first kappa shape index (κ1) is 28.0. The zero-order chi connectivity index (χ0) is 27.8. The van der Waals surface area contributed by atoms with Crippen LogP contribution in [0.3, 0.4) is 0 Å². The Hall–Kier alpha value is -4.00. The largest absolute Gasteiger partial charge is 0.497 e.